The Morgan fingerprint density at radius 2 is 1.78 bits per heavy atom. The molecule has 4 nitrogen and oxygen atoms in total. The van der Waals surface area contributed by atoms with Crippen LogP contribution in [0.4, 0.5) is 0 Å². The van der Waals surface area contributed by atoms with Crippen molar-refractivity contribution in [3.05, 3.63) is 69.0 Å². The maximum absolute atomic E-state index is 11.6. The van der Waals surface area contributed by atoms with Gasteiger partial charge in [-0.1, -0.05) is 61.0 Å². The Morgan fingerprint density at radius 3 is 2.31 bits per heavy atom. The van der Waals surface area contributed by atoms with Gasteiger partial charge in [0.25, 0.3) is 0 Å². The lowest BCUT2D eigenvalue weighted by atomic mass is 9.88. The van der Waals surface area contributed by atoms with Gasteiger partial charge in [0.1, 0.15) is 0 Å². The largest absolute Gasteiger partial charge is 0.465 e. The summed E-state index contributed by atoms with van der Waals surface area (Å²) in [7, 11) is 1.41. The number of ether oxygens (including phenoxy) is 1. The van der Waals surface area contributed by atoms with E-state index < -0.39 is 0 Å². The van der Waals surface area contributed by atoms with Gasteiger partial charge in [0.15, 0.2) is 0 Å². The first-order valence-corrected chi connectivity index (χ1v) is 11.9. The first-order valence-electron chi connectivity index (χ1n) is 11.1. The average molecular weight is 504 g/mol. The topological polar surface area (TPSA) is 42.4 Å². The molecule has 5 heteroatoms. The van der Waals surface area contributed by atoms with Crippen LogP contribution in [0.5, 0.6) is 0 Å². The van der Waals surface area contributed by atoms with Crippen molar-refractivity contribution >= 4 is 28.0 Å². The number of rotatable bonds is 5. The Morgan fingerprint density at radius 1 is 1.19 bits per heavy atom. The molecular formula is C27H39BrN2O2. The third-order valence-electron chi connectivity index (χ3n) is 6.05. The third kappa shape index (κ3) is 7.01. The molecule has 1 unspecified atom stereocenters. The lowest BCUT2D eigenvalue weighted by Crippen LogP contribution is -2.40. The zero-order chi connectivity index (χ0) is 23.0. The molecule has 0 N–H and O–H groups in total. The van der Waals surface area contributed by atoms with E-state index in [1.165, 1.54) is 18.2 Å². The first-order chi connectivity index (χ1) is 14.9. The Labute approximate surface area is 203 Å². The van der Waals surface area contributed by atoms with Crippen molar-refractivity contribution in [3.8, 4) is 0 Å². The summed E-state index contributed by atoms with van der Waals surface area (Å²) >= 11 is 3.65. The Balaban J connectivity index is 0.00000166. The molecule has 0 amide bonds. The van der Waals surface area contributed by atoms with Crippen LogP contribution in [-0.4, -0.2) is 42.1 Å². The van der Waals surface area contributed by atoms with Crippen molar-refractivity contribution < 1.29 is 9.53 Å². The van der Waals surface area contributed by atoms with Crippen LogP contribution in [0.25, 0.3) is 6.08 Å². The summed E-state index contributed by atoms with van der Waals surface area (Å²) < 4.78 is 5.87. The summed E-state index contributed by atoms with van der Waals surface area (Å²) in [6.07, 6.45) is 6.35. The normalized spacial score (nSPS) is 15.8. The van der Waals surface area contributed by atoms with Gasteiger partial charge in [0.05, 0.1) is 12.7 Å². The second-order valence-corrected chi connectivity index (χ2v) is 8.63. The van der Waals surface area contributed by atoms with Crippen molar-refractivity contribution in [2.75, 3.05) is 20.2 Å². The van der Waals surface area contributed by atoms with Crippen LogP contribution in [0.15, 0.2) is 46.6 Å². The zero-order valence-electron chi connectivity index (χ0n) is 19.6. The van der Waals surface area contributed by atoms with Crippen LogP contribution < -0.4 is 0 Å². The fraction of sp³-hybridized carbons (Fsp3) is 0.481. The highest BCUT2D eigenvalue weighted by Gasteiger charge is 2.24. The molecule has 1 aliphatic heterocycles. The number of pyridine rings is 1. The minimum absolute atomic E-state index is 0. The molecule has 3 rings (SSSR count). The number of hydrogen-bond donors (Lipinski definition) is 0. The van der Waals surface area contributed by atoms with E-state index in [9.17, 15) is 4.79 Å². The number of benzene rings is 1. The SMILES string of the molecule is C.CC.COC(=O)c1ccc(C2CCN(C(C)/C(C)=C/c3c(Br)ccnc3C)CC2)cc1. The van der Waals surface area contributed by atoms with Crippen molar-refractivity contribution in [1.29, 1.82) is 0 Å². The molecule has 1 saturated heterocycles. The number of methoxy groups -OCH3 is 1. The summed E-state index contributed by atoms with van der Waals surface area (Å²) in [6, 6.07) is 10.3. The molecule has 32 heavy (non-hydrogen) atoms. The van der Waals surface area contributed by atoms with Gasteiger partial charge in [0.2, 0.25) is 0 Å². The van der Waals surface area contributed by atoms with E-state index in [2.05, 4.69) is 57.9 Å². The van der Waals surface area contributed by atoms with Gasteiger partial charge >= 0.3 is 5.97 Å². The average Bonchev–Trinajstić information content (AvgIpc) is 2.82. The lowest BCUT2D eigenvalue weighted by Gasteiger charge is -2.37. The van der Waals surface area contributed by atoms with Crippen LogP contribution in [0.2, 0.25) is 0 Å². The highest BCUT2D eigenvalue weighted by atomic mass is 79.9. The third-order valence-corrected chi connectivity index (χ3v) is 6.74. The van der Waals surface area contributed by atoms with Crippen LogP contribution in [0.3, 0.4) is 0 Å². The number of nitrogens with zero attached hydrogens (tertiary/aromatic N) is 2. The molecule has 0 bridgehead atoms. The molecule has 0 saturated carbocycles. The molecular weight excluding hydrogens is 464 g/mol. The van der Waals surface area contributed by atoms with E-state index in [1.54, 1.807) is 0 Å². The number of halogens is 1. The minimum Gasteiger partial charge on any atom is -0.465 e. The van der Waals surface area contributed by atoms with Crippen LogP contribution >= 0.6 is 15.9 Å². The van der Waals surface area contributed by atoms with E-state index in [4.69, 9.17) is 4.74 Å². The van der Waals surface area contributed by atoms with E-state index in [0.29, 0.717) is 17.5 Å². The summed E-state index contributed by atoms with van der Waals surface area (Å²) in [5, 5.41) is 0. The summed E-state index contributed by atoms with van der Waals surface area (Å²) in [5.41, 5.74) is 5.48. The summed E-state index contributed by atoms with van der Waals surface area (Å²) in [4.78, 5) is 18.6. The van der Waals surface area contributed by atoms with Crippen LogP contribution in [0, 0.1) is 6.92 Å². The number of aryl methyl sites for hydroxylation is 1. The molecule has 1 aliphatic rings. The summed E-state index contributed by atoms with van der Waals surface area (Å²) in [6.45, 7) is 12.7. The lowest BCUT2D eigenvalue weighted by molar-refractivity contribution is 0.0600. The Hall–Kier alpha value is -1.98. The van der Waals surface area contributed by atoms with Gasteiger partial charge < -0.3 is 4.74 Å². The molecule has 1 fully saturated rings. The first kappa shape index (κ1) is 28.1. The number of likely N-dealkylation sites (tertiary alicyclic amines) is 1. The van der Waals surface area contributed by atoms with Crippen LogP contribution in [-0.2, 0) is 4.74 Å². The zero-order valence-corrected chi connectivity index (χ0v) is 21.2. The Kier molecular flexibility index (Phi) is 11.9. The smallest absolute Gasteiger partial charge is 0.337 e. The highest BCUT2D eigenvalue weighted by molar-refractivity contribution is 9.10. The maximum Gasteiger partial charge on any atom is 0.337 e. The van der Waals surface area contributed by atoms with Crippen molar-refractivity contribution in [1.82, 2.24) is 9.88 Å². The molecule has 176 valence electrons. The van der Waals surface area contributed by atoms with E-state index in [-0.39, 0.29) is 13.4 Å². The number of aromatic nitrogens is 1. The second kappa shape index (κ2) is 13.5. The van der Waals surface area contributed by atoms with Crippen molar-refractivity contribution in [2.24, 2.45) is 0 Å². The highest BCUT2D eigenvalue weighted by Crippen LogP contribution is 2.31. The fourth-order valence-electron chi connectivity index (χ4n) is 3.99. The van der Waals surface area contributed by atoms with Crippen molar-refractivity contribution in [3.63, 3.8) is 0 Å². The number of carbonyl (C=O) groups excluding carboxylic acids is 1. The van der Waals surface area contributed by atoms with Gasteiger partial charge in [-0.3, -0.25) is 9.88 Å². The molecule has 1 aromatic carbocycles. The molecule has 0 radical (unpaired) electrons. The van der Waals surface area contributed by atoms with Gasteiger partial charge in [-0.2, -0.15) is 0 Å². The van der Waals surface area contributed by atoms with Gasteiger partial charge in [-0.25, -0.2) is 4.79 Å². The molecule has 2 heterocycles. The van der Waals surface area contributed by atoms with Gasteiger partial charge in [-0.15, -0.1) is 0 Å². The fourth-order valence-corrected chi connectivity index (χ4v) is 4.51. The number of piperidine rings is 1. The van der Waals surface area contributed by atoms with Gasteiger partial charge in [0, 0.05) is 28.0 Å². The van der Waals surface area contributed by atoms with Gasteiger partial charge in [-0.05, 0) is 76.4 Å². The van der Waals surface area contributed by atoms with Crippen LogP contribution in [0.1, 0.15) is 81.1 Å². The minimum atomic E-state index is -0.280. The number of hydrogen-bond acceptors (Lipinski definition) is 4. The van der Waals surface area contributed by atoms with E-state index >= 15 is 0 Å². The maximum atomic E-state index is 11.6. The quantitative estimate of drug-likeness (QED) is 0.403. The predicted octanol–water partition coefficient (Wildman–Crippen LogP) is 7.27. The number of carbonyl (C=O) groups is 1. The summed E-state index contributed by atoms with van der Waals surface area (Å²) in [5.74, 6) is 0.266. The standard InChI is InChI=1S/C24H29BrN2O2.C2H6.CH4/c1-16(15-22-17(2)26-12-9-23(22)25)18(3)27-13-10-20(11-14-27)19-5-7-21(8-6-19)24(28)29-4;1-2;/h5-9,12,15,18,20H,10-11,13-14H2,1-4H3;1-2H3;1H4/b16-15+;;. The molecule has 0 spiro atoms. The number of esters is 1. The predicted molar refractivity (Wildman–Crippen MR) is 139 cm³/mol. The Bertz CT molecular complexity index is 865. The second-order valence-electron chi connectivity index (χ2n) is 7.78. The monoisotopic (exact) mass is 502 g/mol. The van der Waals surface area contributed by atoms with E-state index in [0.717, 1.165) is 41.7 Å². The molecule has 2 aromatic rings. The molecule has 1 atom stereocenters. The molecule has 0 aliphatic carbocycles. The van der Waals surface area contributed by atoms with E-state index in [1.807, 2.05) is 45.2 Å². The van der Waals surface area contributed by atoms with Crippen molar-refractivity contribution in [2.45, 2.75) is 66.8 Å². The molecule has 1 aromatic heterocycles.